The number of benzene rings is 3. The molecule has 220 valence electrons. The molecular formula is C33H33Cl2FN2O4. The molecule has 0 bridgehead atoms. The Morgan fingerprint density at radius 2 is 1.62 bits per heavy atom. The number of amides is 1. The highest BCUT2D eigenvalue weighted by molar-refractivity contribution is 6.34. The lowest BCUT2D eigenvalue weighted by atomic mass is 9.94. The summed E-state index contributed by atoms with van der Waals surface area (Å²) in [7, 11) is 0. The highest BCUT2D eigenvalue weighted by atomic mass is 35.5. The first-order valence-electron chi connectivity index (χ1n) is 14.6. The minimum atomic E-state index is -1.06. The molecule has 1 aliphatic carbocycles. The number of carboxylic acids is 1. The van der Waals surface area contributed by atoms with Crippen LogP contribution in [-0.4, -0.2) is 58.6 Å². The van der Waals surface area contributed by atoms with E-state index in [4.69, 9.17) is 27.9 Å². The third-order valence-corrected chi connectivity index (χ3v) is 8.97. The Hall–Kier alpha value is -3.13. The Bertz CT molecular complexity index is 1460. The lowest BCUT2D eigenvalue weighted by molar-refractivity contribution is -0.141. The molecule has 1 amide bonds. The minimum Gasteiger partial charge on any atom is -0.489 e. The molecule has 1 N–H and O–H groups in total. The minimum absolute atomic E-state index is 0.0790. The molecule has 6 rings (SSSR count). The molecule has 0 radical (unpaired) electrons. The van der Waals surface area contributed by atoms with Crippen LogP contribution >= 0.6 is 23.2 Å². The van der Waals surface area contributed by atoms with Crippen LogP contribution in [0.25, 0.3) is 0 Å². The number of aliphatic carboxylic acids is 1. The Morgan fingerprint density at radius 1 is 0.905 bits per heavy atom. The van der Waals surface area contributed by atoms with Crippen LogP contribution in [0.2, 0.25) is 10.0 Å². The van der Waals surface area contributed by atoms with Crippen molar-refractivity contribution in [1.29, 1.82) is 0 Å². The van der Waals surface area contributed by atoms with Crippen LogP contribution in [-0.2, 0) is 4.79 Å². The van der Waals surface area contributed by atoms with E-state index >= 15 is 4.39 Å². The maximum atomic E-state index is 15.5. The van der Waals surface area contributed by atoms with E-state index in [9.17, 15) is 14.7 Å². The average molecular weight is 612 g/mol. The largest absolute Gasteiger partial charge is 0.489 e. The van der Waals surface area contributed by atoms with E-state index < -0.39 is 23.7 Å². The van der Waals surface area contributed by atoms with Crippen molar-refractivity contribution in [2.75, 3.05) is 19.6 Å². The van der Waals surface area contributed by atoms with E-state index in [-0.39, 0.29) is 23.6 Å². The number of carboxylic acid groups (broad SMARTS) is 1. The molecule has 2 saturated heterocycles. The maximum absolute atomic E-state index is 15.5. The van der Waals surface area contributed by atoms with Crippen molar-refractivity contribution in [3.63, 3.8) is 0 Å². The van der Waals surface area contributed by atoms with Crippen LogP contribution in [0.5, 0.6) is 5.75 Å². The summed E-state index contributed by atoms with van der Waals surface area (Å²) in [6.07, 6.45) is 4.38. The Labute approximate surface area is 255 Å². The lowest BCUT2D eigenvalue weighted by Gasteiger charge is -2.39. The van der Waals surface area contributed by atoms with Crippen molar-refractivity contribution < 1.29 is 23.8 Å². The molecule has 2 unspecified atom stereocenters. The maximum Gasteiger partial charge on any atom is 0.326 e. The van der Waals surface area contributed by atoms with Crippen molar-refractivity contribution >= 4 is 35.1 Å². The molecule has 3 aromatic rings. The van der Waals surface area contributed by atoms with Gasteiger partial charge in [-0.25, -0.2) is 9.18 Å². The molecule has 3 fully saturated rings. The number of carbonyl (C=O) groups is 2. The summed E-state index contributed by atoms with van der Waals surface area (Å²) in [5.74, 6) is -1.64. The van der Waals surface area contributed by atoms with Gasteiger partial charge in [0.2, 0.25) is 0 Å². The molecule has 9 heteroatoms. The third kappa shape index (κ3) is 6.14. The Balaban J connectivity index is 1.26. The number of hydrogen-bond acceptors (Lipinski definition) is 4. The Morgan fingerprint density at radius 3 is 2.31 bits per heavy atom. The van der Waals surface area contributed by atoms with Gasteiger partial charge < -0.3 is 14.7 Å². The average Bonchev–Trinajstić information content (AvgIpc) is 3.67. The molecule has 1 saturated carbocycles. The molecule has 0 spiro atoms. The van der Waals surface area contributed by atoms with Gasteiger partial charge in [0.05, 0.1) is 11.6 Å². The molecule has 3 atom stereocenters. The molecule has 3 aliphatic rings. The van der Waals surface area contributed by atoms with Gasteiger partial charge in [0.15, 0.2) is 0 Å². The molecule has 3 aromatic carbocycles. The number of hydrogen-bond donors (Lipinski definition) is 1. The number of likely N-dealkylation sites (tertiary alicyclic amines) is 2. The predicted molar refractivity (Wildman–Crippen MR) is 160 cm³/mol. The number of carbonyl (C=O) groups excluding carboxylic acids is 1. The third-order valence-electron chi connectivity index (χ3n) is 8.53. The number of rotatable bonds is 8. The monoisotopic (exact) mass is 610 g/mol. The lowest BCUT2D eigenvalue weighted by Crippen LogP contribution is -2.43. The topological polar surface area (TPSA) is 70.1 Å². The number of ether oxygens (including phenoxy) is 1. The van der Waals surface area contributed by atoms with Crippen molar-refractivity contribution in [3.05, 3.63) is 98.8 Å². The number of nitrogens with zero attached hydrogens (tertiary/aromatic N) is 2. The van der Waals surface area contributed by atoms with Gasteiger partial charge in [-0.1, -0.05) is 53.5 Å². The van der Waals surface area contributed by atoms with Gasteiger partial charge in [-0.2, -0.15) is 0 Å². The summed E-state index contributed by atoms with van der Waals surface area (Å²) in [6.45, 7) is 1.77. The van der Waals surface area contributed by atoms with Gasteiger partial charge in [-0.3, -0.25) is 9.69 Å². The number of halogens is 3. The fraction of sp³-hybridized carbons (Fsp3) is 0.394. The molecule has 2 heterocycles. The van der Waals surface area contributed by atoms with E-state index in [1.54, 1.807) is 12.1 Å². The first-order valence-corrected chi connectivity index (χ1v) is 15.3. The van der Waals surface area contributed by atoms with Crippen molar-refractivity contribution in [2.24, 2.45) is 0 Å². The van der Waals surface area contributed by atoms with E-state index in [2.05, 4.69) is 17.0 Å². The summed E-state index contributed by atoms with van der Waals surface area (Å²) in [5.41, 5.74) is 2.85. The van der Waals surface area contributed by atoms with E-state index in [0.29, 0.717) is 41.7 Å². The standard InChI is InChI=1S/C33H33Cl2FN2O4/c34-23-14-22(15-24(35)16-23)31(21-6-2-1-3-7-21)37-12-4-8-25(19-37)42-30-18-28(36)27(17-26(30)20-10-11-20)32(39)38-13-5-9-29(38)33(40)41/h1-3,6-7,14-18,20,25,29,31H,4-5,8-13,19H2,(H,40,41)/t25?,29-,31?/m0/s1. The van der Waals surface area contributed by atoms with Crippen LogP contribution < -0.4 is 4.74 Å². The highest BCUT2D eigenvalue weighted by Gasteiger charge is 2.37. The predicted octanol–water partition coefficient (Wildman–Crippen LogP) is 7.33. The van der Waals surface area contributed by atoms with E-state index in [1.807, 2.05) is 30.3 Å². The molecule has 2 aliphatic heterocycles. The van der Waals surface area contributed by atoms with Crippen LogP contribution in [0.15, 0.2) is 60.7 Å². The van der Waals surface area contributed by atoms with Crippen LogP contribution in [0.1, 0.15) is 77.5 Å². The molecular weight excluding hydrogens is 578 g/mol. The summed E-state index contributed by atoms with van der Waals surface area (Å²) in [5, 5.41) is 10.7. The van der Waals surface area contributed by atoms with Gasteiger partial charge in [-0.05, 0) is 91.9 Å². The summed E-state index contributed by atoms with van der Waals surface area (Å²) in [4.78, 5) is 28.6. The Kier molecular flexibility index (Phi) is 8.44. The fourth-order valence-corrected chi connectivity index (χ4v) is 6.97. The zero-order valence-electron chi connectivity index (χ0n) is 23.1. The molecule has 0 aromatic heterocycles. The molecule has 42 heavy (non-hydrogen) atoms. The van der Waals surface area contributed by atoms with Crippen molar-refractivity contribution in [2.45, 2.75) is 62.6 Å². The second-order valence-electron chi connectivity index (χ2n) is 11.5. The van der Waals surface area contributed by atoms with Gasteiger partial charge in [-0.15, -0.1) is 0 Å². The number of piperidine rings is 1. The zero-order valence-corrected chi connectivity index (χ0v) is 24.7. The van der Waals surface area contributed by atoms with Gasteiger partial charge in [0.25, 0.3) is 5.91 Å². The van der Waals surface area contributed by atoms with Gasteiger partial charge >= 0.3 is 5.97 Å². The highest BCUT2D eigenvalue weighted by Crippen LogP contribution is 2.46. The van der Waals surface area contributed by atoms with Gasteiger partial charge in [0, 0.05) is 29.2 Å². The van der Waals surface area contributed by atoms with Crippen LogP contribution in [0, 0.1) is 5.82 Å². The van der Waals surface area contributed by atoms with Crippen LogP contribution in [0.4, 0.5) is 4.39 Å². The first kappa shape index (κ1) is 29.0. The summed E-state index contributed by atoms with van der Waals surface area (Å²) < 4.78 is 22.0. The van der Waals surface area contributed by atoms with E-state index in [1.165, 1.54) is 11.0 Å². The van der Waals surface area contributed by atoms with Crippen molar-refractivity contribution in [3.8, 4) is 5.75 Å². The second kappa shape index (κ2) is 12.2. The van der Waals surface area contributed by atoms with Crippen LogP contribution in [0.3, 0.4) is 0 Å². The molecule has 6 nitrogen and oxygen atoms in total. The van der Waals surface area contributed by atoms with E-state index in [0.717, 1.165) is 48.9 Å². The smallest absolute Gasteiger partial charge is 0.326 e. The first-order chi connectivity index (χ1) is 20.3. The quantitative estimate of drug-likeness (QED) is 0.289. The summed E-state index contributed by atoms with van der Waals surface area (Å²) >= 11 is 12.8. The zero-order chi connectivity index (χ0) is 29.4. The summed E-state index contributed by atoms with van der Waals surface area (Å²) in [6, 6.07) is 17.7. The van der Waals surface area contributed by atoms with Gasteiger partial charge in [0.1, 0.15) is 23.7 Å². The SMILES string of the molecule is O=C(O)[C@@H]1CCCN1C(=O)c1cc(C2CC2)c(OC2CCCN(C(c3ccccc3)c3cc(Cl)cc(Cl)c3)C2)cc1F. The fourth-order valence-electron chi connectivity index (χ4n) is 6.43. The second-order valence-corrected chi connectivity index (χ2v) is 12.4. The normalized spacial score (nSPS) is 21.7. The van der Waals surface area contributed by atoms with Crippen molar-refractivity contribution in [1.82, 2.24) is 9.80 Å².